The van der Waals surface area contributed by atoms with Crippen LogP contribution in [0.4, 0.5) is 5.95 Å². The molecule has 23 heavy (non-hydrogen) atoms. The molecule has 0 fully saturated rings. The van der Waals surface area contributed by atoms with E-state index in [1.807, 2.05) is 19.1 Å². The highest BCUT2D eigenvalue weighted by Gasteiger charge is 2.06. The summed E-state index contributed by atoms with van der Waals surface area (Å²) in [5, 5.41) is 10.0. The van der Waals surface area contributed by atoms with Crippen LogP contribution in [0.5, 0.6) is 5.88 Å². The first-order chi connectivity index (χ1) is 11.2. The lowest BCUT2D eigenvalue weighted by Gasteiger charge is -2.12. The molecule has 120 valence electrons. The molecule has 0 saturated carbocycles. The molecule has 0 saturated heterocycles. The Kier molecular flexibility index (Phi) is 4.22. The molecule has 0 amide bonds. The molecule has 0 aliphatic rings. The molecule has 0 spiro atoms. The van der Waals surface area contributed by atoms with Crippen LogP contribution in [0.3, 0.4) is 0 Å². The molecule has 3 heterocycles. The fourth-order valence-corrected chi connectivity index (χ4v) is 2.03. The molecule has 0 radical (unpaired) electrons. The Morgan fingerprint density at radius 2 is 2.30 bits per heavy atom. The van der Waals surface area contributed by atoms with Gasteiger partial charge in [-0.2, -0.15) is 10.1 Å². The van der Waals surface area contributed by atoms with Gasteiger partial charge in [-0.1, -0.05) is 6.92 Å². The smallest absolute Gasteiger partial charge is 0.263 e. The molecule has 3 aromatic rings. The first-order valence-electron chi connectivity index (χ1n) is 7.44. The van der Waals surface area contributed by atoms with Gasteiger partial charge in [0.25, 0.3) is 5.56 Å². The third kappa shape index (κ3) is 3.47. The van der Waals surface area contributed by atoms with Crippen LogP contribution >= 0.6 is 0 Å². The van der Waals surface area contributed by atoms with E-state index in [0.717, 1.165) is 12.0 Å². The number of pyridine rings is 1. The van der Waals surface area contributed by atoms with Crippen LogP contribution in [0.15, 0.2) is 29.3 Å². The van der Waals surface area contributed by atoms with Gasteiger partial charge in [0.05, 0.1) is 12.3 Å². The van der Waals surface area contributed by atoms with Gasteiger partial charge in [0.15, 0.2) is 5.65 Å². The number of nitrogens with one attached hydrogen (secondary N) is 3. The molecular weight excluding hydrogens is 296 g/mol. The van der Waals surface area contributed by atoms with Crippen LogP contribution in [-0.4, -0.2) is 31.3 Å². The summed E-state index contributed by atoms with van der Waals surface area (Å²) in [6.07, 6.45) is 4.18. The number of H-pyrrole nitrogens is 2. The van der Waals surface area contributed by atoms with Crippen molar-refractivity contribution in [2.75, 3.05) is 5.32 Å². The quantitative estimate of drug-likeness (QED) is 0.640. The third-order valence-electron chi connectivity index (χ3n) is 3.48. The van der Waals surface area contributed by atoms with Gasteiger partial charge in [-0.15, -0.1) is 0 Å². The first kappa shape index (κ1) is 15.0. The molecule has 3 N–H and O–H groups in total. The highest BCUT2D eigenvalue weighted by Crippen LogP contribution is 2.13. The predicted molar refractivity (Wildman–Crippen MR) is 86.5 cm³/mol. The van der Waals surface area contributed by atoms with Gasteiger partial charge in [0, 0.05) is 18.8 Å². The van der Waals surface area contributed by atoms with Crippen LogP contribution < -0.4 is 15.6 Å². The minimum Gasteiger partial charge on any atom is -0.475 e. The lowest BCUT2D eigenvalue weighted by molar-refractivity contribution is 0.208. The Bertz CT molecular complexity index is 856. The van der Waals surface area contributed by atoms with Gasteiger partial charge in [-0.05, 0) is 25.0 Å². The van der Waals surface area contributed by atoms with E-state index in [4.69, 9.17) is 4.74 Å². The van der Waals surface area contributed by atoms with Crippen LogP contribution in [-0.2, 0) is 6.54 Å². The molecule has 0 aromatic carbocycles. The second-order valence-electron chi connectivity index (χ2n) is 5.24. The Balaban J connectivity index is 1.72. The first-order valence-corrected chi connectivity index (χ1v) is 7.44. The van der Waals surface area contributed by atoms with Gasteiger partial charge in [0.1, 0.15) is 5.39 Å². The van der Waals surface area contributed by atoms with Crippen molar-refractivity contribution in [1.29, 1.82) is 0 Å². The van der Waals surface area contributed by atoms with Crippen molar-refractivity contribution in [3.8, 4) is 5.88 Å². The maximum atomic E-state index is 11.9. The lowest BCUT2D eigenvalue weighted by atomic mass is 10.2. The molecule has 8 nitrogen and oxygen atoms in total. The van der Waals surface area contributed by atoms with Crippen molar-refractivity contribution < 1.29 is 4.74 Å². The molecule has 8 heteroatoms. The van der Waals surface area contributed by atoms with Gasteiger partial charge < -0.3 is 10.1 Å². The zero-order valence-electron chi connectivity index (χ0n) is 13.0. The molecule has 0 aliphatic heterocycles. The third-order valence-corrected chi connectivity index (χ3v) is 3.48. The van der Waals surface area contributed by atoms with Gasteiger partial charge in [0.2, 0.25) is 11.8 Å². The van der Waals surface area contributed by atoms with Gasteiger partial charge in [-0.3, -0.25) is 14.9 Å². The van der Waals surface area contributed by atoms with E-state index in [-0.39, 0.29) is 11.7 Å². The fraction of sp³-hybridized carbons (Fsp3) is 0.333. The van der Waals surface area contributed by atoms with E-state index in [0.29, 0.717) is 29.4 Å². The average Bonchev–Trinajstić information content (AvgIpc) is 3.02. The van der Waals surface area contributed by atoms with Crippen LogP contribution in [0.1, 0.15) is 25.8 Å². The van der Waals surface area contributed by atoms with E-state index in [2.05, 4.69) is 37.4 Å². The largest absolute Gasteiger partial charge is 0.475 e. The van der Waals surface area contributed by atoms with Crippen LogP contribution in [0.2, 0.25) is 0 Å². The number of anilines is 1. The van der Waals surface area contributed by atoms with Gasteiger partial charge >= 0.3 is 0 Å². The number of hydrogen-bond donors (Lipinski definition) is 3. The SMILES string of the molecule is CC[C@@H](C)Oc1cc(CNc2nc3[nH]ncc3c(=O)[nH]2)ccn1. The second kappa shape index (κ2) is 6.47. The molecule has 3 rings (SSSR count). The summed E-state index contributed by atoms with van der Waals surface area (Å²) in [7, 11) is 0. The Hall–Kier alpha value is -2.90. The monoisotopic (exact) mass is 314 g/mol. The fourth-order valence-electron chi connectivity index (χ4n) is 2.03. The zero-order valence-corrected chi connectivity index (χ0v) is 13.0. The van der Waals surface area contributed by atoms with Crippen molar-refractivity contribution in [2.24, 2.45) is 0 Å². The molecule has 3 aromatic heterocycles. The predicted octanol–water partition coefficient (Wildman–Crippen LogP) is 1.83. The lowest BCUT2D eigenvalue weighted by Crippen LogP contribution is -2.13. The van der Waals surface area contributed by atoms with E-state index in [9.17, 15) is 4.79 Å². The summed E-state index contributed by atoms with van der Waals surface area (Å²) < 4.78 is 5.70. The van der Waals surface area contributed by atoms with Crippen molar-refractivity contribution in [3.05, 3.63) is 40.4 Å². The maximum Gasteiger partial charge on any atom is 0.263 e. The number of aromatic nitrogens is 5. The Morgan fingerprint density at radius 3 is 3.13 bits per heavy atom. The number of fused-ring (bicyclic) bond motifs is 1. The van der Waals surface area contributed by atoms with Crippen LogP contribution in [0, 0.1) is 0 Å². The van der Waals surface area contributed by atoms with Crippen molar-refractivity contribution in [3.63, 3.8) is 0 Å². The summed E-state index contributed by atoms with van der Waals surface area (Å²) in [5.74, 6) is 0.970. The highest BCUT2D eigenvalue weighted by atomic mass is 16.5. The number of aromatic amines is 2. The zero-order chi connectivity index (χ0) is 16.2. The molecule has 0 aliphatic carbocycles. The number of ether oxygens (including phenoxy) is 1. The molecule has 0 unspecified atom stereocenters. The minimum absolute atomic E-state index is 0.117. The topological polar surface area (TPSA) is 109 Å². The Labute approximate surface area is 132 Å². The molecular formula is C15H18N6O2. The summed E-state index contributed by atoms with van der Waals surface area (Å²) >= 11 is 0. The number of hydrogen-bond acceptors (Lipinski definition) is 6. The van der Waals surface area contributed by atoms with Crippen molar-refractivity contribution in [1.82, 2.24) is 25.1 Å². The van der Waals surface area contributed by atoms with Crippen molar-refractivity contribution >= 4 is 17.0 Å². The van der Waals surface area contributed by atoms with E-state index in [1.165, 1.54) is 6.20 Å². The van der Waals surface area contributed by atoms with Crippen molar-refractivity contribution in [2.45, 2.75) is 32.9 Å². The number of nitrogens with zero attached hydrogens (tertiary/aromatic N) is 3. The number of rotatable bonds is 6. The second-order valence-corrected chi connectivity index (χ2v) is 5.24. The van der Waals surface area contributed by atoms with E-state index < -0.39 is 0 Å². The highest BCUT2D eigenvalue weighted by molar-refractivity contribution is 5.73. The Morgan fingerprint density at radius 1 is 1.43 bits per heavy atom. The maximum absolute atomic E-state index is 11.9. The summed E-state index contributed by atoms with van der Waals surface area (Å²) in [6, 6.07) is 3.75. The normalized spacial score (nSPS) is 12.3. The summed E-state index contributed by atoms with van der Waals surface area (Å²) in [4.78, 5) is 23.0. The van der Waals surface area contributed by atoms with Gasteiger partial charge in [-0.25, -0.2) is 4.98 Å². The summed E-state index contributed by atoms with van der Waals surface area (Å²) in [6.45, 7) is 4.55. The summed E-state index contributed by atoms with van der Waals surface area (Å²) in [5.41, 5.74) is 1.19. The van der Waals surface area contributed by atoms with E-state index in [1.54, 1.807) is 6.20 Å². The van der Waals surface area contributed by atoms with Crippen LogP contribution in [0.25, 0.3) is 11.0 Å². The standard InChI is InChI=1S/C15H18N6O2/c1-3-9(2)23-12-6-10(4-5-16-12)7-17-15-19-13-11(8-18-21-13)14(22)20-15/h4-6,8-9H,3,7H2,1-2H3,(H3,17,18,19,20,21,22)/t9-/m1/s1. The molecule has 1 atom stereocenters. The average molecular weight is 314 g/mol. The van der Waals surface area contributed by atoms with E-state index >= 15 is 0 Å². The molecule has 0 bridgehead atoms. The minimum atomic E-state index is -0.234.